The maximum Gasteiger partial charge on any atom is 0.170 e. The molecule has 0 amide bonds. The lowest BCUT2D eigenvalue weighted by Gasteiger charge is -2.25. The van der Waals surface area contributed by atoms with Crippen molar-refractivity contribution in [1.82, 2.24) is 9.97 Å². The number of fused-ring (bicyclic) bond motifs is 1. The van der Waals surface area contributed by atoms with Crippen molar-refractivity contribution in [2.75, 3.05) is 5.75 Å². The van der Waals surface area contributed by atoms with E-state index in [-0.39, 0.29) is 6.10 Å². The van der Waals surface area contributed by atoms with Crippen molar-refractivity contribution in [3.63, 3.8) is 0 Å². The molecule has 2 heterocycles. The Labute approximate surface area is 122 Å². The number of nitrogens with two attached hydrogens (primary N) is 1. The number of aryl methyl sites for hydroxylation is 2. The molecule has 0 radical (unpaired) electrons. The first-order chi connectivity index (χ1) is 9.69. The van der Waals surface area contributed by atoms with E-state index in [1.54, 1.807) is 11.8 Å². The van der Waals surface area contributed by atoms with Gasteiger partial charge in [-0.15, -0.1) is 11.8 Å². The van der Waals surface area contributed by atoms with E-state index in [9.17, 15) is 0 Å². The molecule has 3 rings (SSSR count). The number of rotatable bonds is 2. The van der Waals surface area contributed by atoms with Crippen LogP contribution in [0.3, 0.4) is 0 Å². The minimum atomic E-state index is -0.0980. The molecule has 20 heavy (non-hydrogen) atoms. The van der Waals surface area contributed by atoms with Gasteiger partial charge in [0.25, 0.3) is 0 Å². The van der Waals surface area contributed by atoms with Gasteiger partial charge in [0.05, 0.1) is 0 Å². The molecule has 1 aliphatic rings. The standard InChI is InChI=1S/C15H17N3OS/c1-9-11(7-16)10(2)18-15(17-9)13-8-20-14-6-4-3-5-12(14)19-13/h3-6,13H,7-8,16H2,1-2H3. The van der Waals surface area contributed by atoms with Crippen LogP contribution in [-0.4, -0.2) is 15.7 Å². The van der Waals surface area contributed by atoms with Gasteiger partial charge in [0.2, 0.25) is 0 Å². The molecule has 0 bridgehead atoms. The predicted octanol–water partition coefficient (Wildman–Crippen LogP) is 2.78. The summed E-state index contributed by atoms with van der Waals surface area (Å²) in [6.07, 6.45) is -0.0980. The fraction of sp³-hybridized carbons (Fsp3) is 0.333. The van der Waals surface area contributed by atoms with E-state index in [0.717, 1.165) is 34.3 Å². The van der Waals surface area contributed by atoms with Gasteiger partial charge in [0.1, 0.15) is 5.75 Å². The van der Waals surface area contributed by atoms with Gasteiger partial charge >= 0.3 is 0 Å². The molecule has 104 valence electrons. The molecule has 1 aliphatic heterocycles. The van der Waals surface area contributed by atoms with Gasteiger partial charge in [-0.2, -0.15) is 0 Å². The van der Waals surface area contributed by atoms with Gasteiger partial charge in [0, 0.05) is 34.1 Å². The highest BCUT2D eigenvalue weighted by molar-refractivity contribution is 7.99. The van der Waals surface area contributed by atoms with Gasteiger partial charge in [-0.3, -0.25) is 0 Å². The van der Waals surface area contributed by atoms with E-state index in [4.69, 9.17) is 10.5 Å². The van der Waals surface area contributed by atoms with Gasteiger partial charge in [-0.1, -0.05) is 12.1 Å². The molecule has 0 aliphatic carbocycles. The number of para-hydroxylation sites is 1. The number of benzene rings is 1. The normalized spacial score (nSPS) is 17.4. The van der Waals surface area contributed by atoms with Crippen molar-refractivity contribution in [3.05, 3.63) is 47.0 Å². The third kappa shape index (κ3) is 2.39. The topological polar surface area (TPSA) is 61.0 Å². The van der Waals surface area contributed by atoms with E-state index < -0.39 is 0 Å². The first-order valence-corrected chi connectivity index (χ1v) is 7.60. The number of hydrogen-bond donors (Lipinski definition) is 1. The molecule has 4 nitrogen and oxygen atoms in total. The van der Waals surface area contributed by atoms with E-state index in [2.05, 4.69) is 16.0 Å². The predicted molar refractivity (Wildman–Crippen MR) is 79.9 cm³/mol. The fourth-order valence-electron chi connectivity index (χ4n) is 2.35. The lowest BCUT2D eigenvalue weighted by molar-refractivity contribution is 0.209. The molecule has 2 N–H and O–H groups in total. The third-order valence-corrected chi connectivity index (χ3v) is 4.56. The van der Waals surface area contributed by atoms with Crippen molar-refractivity contribution >= 4 is 11.8 Å². The summed E-state index contributed by atoms with van der Waals surface area (Å²) in [5.74, 6) is 2.49. The Bertz CT molecular complexity index is 622. The maximum atomic E-state index is 6.02. The first kappa shape index (κ1) is 13.4. The van der Waals surface area contributed by atoms with E-state index >= 15 is 0 Å². The van der Waals surface area contributed by atoms with E-state index in [1.165, 1.54) is 4.90 Å². The van der Waals surface area contributed by atoms with Gasteiger partial charge in [-0.25, -0.2) is 9.97 Å². The fourth-order valence-corrected chi connectivity index (χ4v) is 3.33. The minimum Gasteiger partial charge on any atom is -0.480 e. The zero-order chi connectivity index (χ0) is 14.1. The van der Waals surface area contributed by atoms with Crippen LogP contribution in [-0.2, 0) is 6.54 Å². The summed E-state index contributed by atoms with van der Waals surface area (Å²) in [6, 6.07) is 8.07. The van der Waals surface area contributed by atoms with E-state index in [1.807, 2.05) is 32.0 Å². The van der Waals surface area contributed by atoms with Crippen LogP contribution in [0, 0.1) is 13.8 Å². The molecule has 0 fully saturated rings. The Morgan fingerprint density at radius 1 is 1.25 bits per heavy atom. The zero-order valence-corrected chi connectivity index (χ0v) is 12.4. The van der Waals surface area contributed by atoms with Crippen molar-refractivity contribution in [2.24, 2.45) is 5.73 Å². The summed E-state index contributed by atoms with van der Waals surface area (Å²) in [5, 5.41) is 0. The molecule has 1 aromatic carbocycles. The van der Waals surface area contributed by atoms with Gasteiger partial charge in [0.15, 0.2) is 11.9 Å². The first-order valence-electron chi connectivity index (χ1n) is 6.61. The van der Waals surface area contributed by atoms with Gasteiger partial charge in [-0.05, 0) is 26.0 Å². The lowest BCUT2D eigenvalue weighted by Crippen LogP contribution is -2.20. The van der Waals surface area contributed by atoms with Crippen LogP contribution in [0.4, 0.5) is 0 Å². The Hall–Kier alpha value is -1.59. The second-order valence-corrected chi connectivity index (χ2v) is 5.86. The SMILES string of the molecule is Cc1nc(C2CSc3ccccc3O2)nc(C)c1CN. The maximum absolute atomic E-state index is 6.02. The number of thioether (sulfide) groups is 1. The van der Waals surface area contributed by atoms with Gasteiger partial charge < -0.3 is 10.5 Å². The molecule has 0 saturated carbocycles. The molecule has 2 aromatic rings. The molecular weight excluding hydrogens is 270 g/mol. The minimum absolute atomic E-state index is 0.0980. The third-order valence-electron chi connectivity index (χ3n) is 3.44. The van der Waals surface area contributed by atoms with Crippen LogP contribution < -0.4 is 10.5 Å². The number of hydrogen-bond acceptors (Lipinski definition) is 5. The molecule has 0 spiro atoms. The van der Waals surface area contributed by atoms with Crippen LogP contribution in [0.1, 0.15) is 28.9 Å². The highest BCUT2D eigenvalue weighted by atomic mass is 32.2. The number of nitrogens with zero attached hydrogens (tertiary/aromatic N) is 2. The van der Waals surface area contributed by atoms with Crippen molar-refractivity contribution in [2.45, 2.75) is 31.4 Å². The quantitative estimate of drug-likeness (QED) is 0.920. The van der Waals surface area contributed by atoms with Crippen molar-refractivity contribution in [1.29, 1.82) is 0 Å². The smallest absolute Gasteiger partial charge is 0.170 e. The Morgan fingerprint density at radius 2 is 1.95 bits per heavy atom. The van der Waals surface area contributed by atoms with Crippen molar-refractivity contribution < 1.29 is 4.74 Å². The van der Waals surface area contributed by atoms with Crippen LogP contribution in [0.15, 0.2) is 29.2 Å². The number of aromatic nitrogens is 2. The highest BCUT2D eigenvalue weighted by Crippen LogP contribution is 2.39. The summed E-state index contributed by atoms with van der Waals surface area (Å²) in [4.78, 5) is 10.3. The van der Waals surface area contributed by atoms with Crippen LogP contribution in [0.25, 0.3) is 0 Å². The average Bonchev–Trinajstić information content (AvgIpc) is 2.46. The highest BCUT2D eigenvalue weighted by Gasteiger charge is 2.24. The number of ether oxygens (including phenoxy) is 1. The second kappa shape index (κ2) is 5.42. The molecule has 1 aromatic heterocycles. The largest absolute Gasteiger partial charge is 0.480 e. The summed E-state index contributed by atoms with van der Waals surface area (Å²) in [5.41, 5.74) is 8.65. The van der Waals surface area contributed by atoms with Crippen LogP contribution >= 0.6 is 11.8 Å². The second-order valence-electron chi connectivity index (χ2n) is 4.80. The zero-order valence-electron chi connectivity index (χ0n) is 11.6. The van der Waals surface area contributed by atoms with E-state index in [0.29, 0.717) is 6.54 Å². The summed E-state index contributed by atoms with van der Waals surface area (Å²) < 4.78 is 6.02. The Morgan fingerprint density at radius 3 is 2.65 bits per heavy atom. The molecular formula is C15H17N3OS. The Kier molecular flexibility index (Phi) is 3.63. The summed E-state index contributed by atoms with van der Waals surface area (Å²) in [6.45, 7) is 4.43. The monoisotopic (exact) mass is 287 g/mol. The summed E-state index contributed by atoms with van der Waals surface area (Å²) >= 11 is 1.78. The Balaban J connectivity index is 1.92. The molecule has 1 unspecified atom stereocenters. The molecule has 5 heteroatoms. The van der Waals surface area contributed by atoms with Crippen LogP contribution in [0.2, 0.25) is 0 Å². The molecule has 1 atom stereocenters. The molecule has 0 saturated heterocycles. The average molecular weight is 287 g/mol. The lowest BCUT2D eigenvalue weighted by atomic mass is 10.1. The van der Waals surface area contributed by atoms with Crippen LogP contribution in [0.5, 0.6) is 5.75 Å². The van der Waals surface area contributed by atoms with Crippen molar-refractivity contribution in [3.8, 4) is 5.75 Å². The summed E-state index contributed by atoms with van der Waals surface area (Å²) in [7, 11) is 0.